The Morgan fingerprint density at radius 2 is 2.17 bits per heavy atom. The molecule has 1 fully saturated rings. The number of amides is 1. The molecule has 1 amide bonds. The van der Waals surface area contributed by atoms with Gasteiger partial charge in [0.15, 0.2) is 11.5 Å². The van der Waals surface area contributed by atoms with Crippen LogP contribution in [-0.4, -0.2) is 25.2 Å². The topological polar surface area (TPSA) is 47.6 Å². The van der Waals surface area contributed by atoms with E-state index in [-0.39, 0.29) is 11.9 Å². The minimum Gasteiger partial charge on any atom is -0.486 e. The fraction of sp³-hybridized carbons (Fsp3) is 0.462. The van der Waals surface area contributed by atoms with Gasteiger partial charge in [0.2, 0.25) is 5.91 Å². The molecule has 5 heteroatoms. The van der Waals surface area contributed by atoms with Gasteiger partial charge < -0.3 is 14.8 Å². The zero-order chi connectivity index (χ0) is 12.5. The molecule has 96 valence electrons. The van der Waals surface area contributed by atoms with Crippen LogP contribution in [0.3, 0.4) is 0 Å². The van der Waals surface area contributed by atoms with Gasteiger partial charge in [-0.05, 0) is 30.5 Å². The number of benzene rings is 1. The molecule has 2 heterocycles. The van der Waals surface area contributed by atoms with Gasteiger partial charge in [0.1, 0.15) is 13.2 Å². The second kappa shape index (κ2) is 4.69. The molecule has 0 bridgehead atoms. The maximum absolute atomic E-state index is 11.2. The van der Waals surface area contributed by atoms with Gasteiger partial charge in [-0.1, -0.05) is 11.6 Å². The van der Waals surface area contributed by atoms with E-state index in [4.69, 9.17) is 21.1 Å². The molecular weight excluding hydrogens is 254 g/mol. The van der Waals surface area contributed by atoms with Crippen LogP contribution in [0.25, 0.3) is 0 Å². The van der Waals surface area contributed by atoms with E-state index in [0.717, 1.165) is 18.4 Å². The first-order valence-electron chi connectivity index (χ1n) is 6.10. The van der Waals surface area contributed by atoms with E-state index in [1.165, 1.54) is 0 Å². The number of carbonyl (C=O) groups excluding carboxylic acids is 1. The van der Waals surface area contributed by atoms with Gasteiger partial charge in [0, 0.05) is 12.5 Å². The van der Waals surface area contributed by atoms with Gasteiger partial charge in [0.05, 0.1) is 5.02 Å². The Hall–Kier alpha value is -1.42. The molecule has 0 radical (unpaired) electrons. The van der Waals surface area contributed by atoms with Gasteiger partial charge >= 0.3 is 0 Å². The quantitative estimate of drug-likeness (QED) is 0.891. The predicted octanol–water partition coefficient (Wildman–Crippen LogP) is 1.93. The van der Waals surface area contributed by atoms with Gasteiger partial charge in [0.25, 0.3) is 0 Å². The summed E-state index contributed by atoms with van der Waals surface area (Å²) in [6.07, 6.45) is 2.27. The van der Waals surface area contributed by atoms with Gasteiger partial charge in [-0.2, -0.15) is 0 Å². The summed E-state index contributed by atoms with van der Waals surface area (Å²) in [6, 6.07) is 4.04. The molecular formula is C13H14ClNO3. The number of halogens is 1. The molecule has 0 spiro atoms. The van der Waals surface area contributed by atoms with E-state index in [1.54, 1.807) is 0 Å². The number of rotatable bonds is 2. The van der Waals surface area contributed by atoms with Crippen molar-refractivity contribution in [2.75, 3.05) is 13.2 Å². The van der Waals surface area contributed by atoms with Crippen molar-refractivity contribution < 1.29 is 14.3 Å². The lowest BCUT2D eigenvalue weighted by Gasteiger charge is -2.21. The zero-order valence-electron chi connectivity index (χ0n) is 9.87. The molecule has 1 N–H and O–H groups in total. The molecule has 3 rings (SSSR count). The predicted molar refractivity (Wildman–Crippen MR) is 67.3 cm³/mol. The molecule has 1 unspecified atom stereocenters. The van der Waals surface area contributed by atoms with Crippen LogP contribution in [0.1, 0.15) is 18.4 Å². The van der Waals surface area contributed by atoms with Crippen molar-refractivity contribution in [3.63, 3.8) is 0 Å². The highest BCUT2D eigenvalue weighted by atomic mass is 35.5. The molecule has 0 aliphatic carbocycles. The lowest BCUT2D eigenvalue weighted by Crippen LogP contribution is -2.27. The maximum Gasteiger partial charge on any atom is 0.220 e. The molecule has 1 atom stereocenters. The Labute approximate surface area is 110 Å². The lowest BCUT2D eigenvalue weighted by molar-refractivity contribution is -0.119. The first kappa shape index (κ1) is 11.7. The van der Waals surface area contributed by atoms with Gasteiger partial charge in [-0.15, -0.1) is 0 Å². The van der Waals surface area contributed by atoms with Crippen molar-refractivity contribution in [1.29, 1.82) is 0 Å². The van der Waals surface area contributed by atoms with Crippen molar-refractivity contribution >= 4 is 17.5 Å². The zero-order valence-corrected chi connectivity index (χ0v) is 10.6. The second-order valence-corrected chi connectivity index (χ2v) is 5.02. The Kier molecular flexibility index (Phi) is 3.04. The second-order valence-electron chi connectivity index (χ2n) is 4.61. The average Bonchev–Trinajstić information content (AvgIpc) is 2.75. The fourth-order valence-electron chi connectivity index (χ4n) is 2.40. The molecule has 4 nitrogen and oxygen atoms in total. The monoisotopic (exact) mass is 267 g/mol. The first-order chi connectivity index (χ1) is 8.72. The van der Waals surface area contributed by atoms with Crippen molar-refractivity contribution in [1.82, 2.24) is 5.32 Å². The summed E-state index contributed by atoms with van der Waals surface area (Å²) < 4.78 is 11.0. The van der Waals surface area contributed by atoms with Crippen LogP contribution in [-0.2, 0) is 11.2 Å². The lowest BCUT2D eigenvalue weighted by atomic mass is 10.0. The highest BCUT2D eigenvalue weighted by Crippen LogP contribution is 2.38. The summed E-state index contributed by atoms with van der Waals surface area (Å²) in [7, 11) is 0. The van der Waals surface area contributed by atoms with Crippen LogP contribution in [0.2, 0.25) is 5.02 Å². The smallest absolute Gasteiger partial charge is 0.220 e. The summed E-state index contributed by atoms with van der Waals surface area (Å²) >= 11 is 6.17. The summed E-state index contributed by atoms with van der Waals surface area (Å²) in [5.41, 5.74) is 1.07. The van der Waals surface area contributed by atoms with E-state index in [1.807, 2.05) is 12.1 Å². The molecule has 2 aliphatic heterocycles. The molecule has 0 saturated carbocycles. The number of nitrogens with one attached hydrogen (secondary N) is 1. The highest BCUT2D eigenvalue weighted by Gasteiger charge is 2.23. The third kappa shape index (κ3) is 2.25. The first-order valence-corrected chi connectivity index (χ1v) is 6.47. The van der Waals surface area contributed by atoms with E-state index in [2.05, 4.69) is 5.32 Å². The molecule has 2 aliphatic rings. The Morgan fingerprint density at radius 3 is 2.94 bits per heavy atom. The Bertz CT molecular complexity index is 489. The Morgan fingerprint density at radius 1 is 1.33 bits per heavy atom. The van der Waals surface area contributed by atoms with Gasteiger partial charge in [-0.3, -0.25) is 4.79 Å². The normalized spacial score (nSPS) is 21.8. The number of ether oxygens (including phenoxy) is 2. The highest BCUT2D eigenvalue weighted by molar-refractivity contribution is 6.32. The van der Waals surface area contributed by atoms with Crippen LogP contribution in [0.5, 0.6) is 11.5 Å². The SMILES string of the molecule is O=C1CCC(Cc2cc(Cl)c3c(c2)OCCO3)N1. The molecule has 1 saturated heterocycles. The van der Waals surface area contributed by atoms with Crippen molar-refractivity contribution in [3.05, 3.63) is 22.7 Å². The largest absolute Gasteiger partial charge is 0.486 e. The summed E-state index contributed by atoms with van der Waals surface area (Å²) in [6.45, 7) is 1.08. The number of carbonyl (C=O) groups is 1. The molecule has 1 aromatic rings. The third-order valence-corrected chi connectivity index (χ3v) is 3.50. The van der Waals surface area contributed by atoms with E-state index in [9.17, 15) is 4.79 Å². The number of fused-ring (bicyclic) bond motifs is 1. The van der Waals surface area contributed by atoms with Gasteiger partial charge in [-0.25, -0.2) is 0 Å². The summed E-state index contributed by atoms with van der Waals surface area (Å²) in [5, 5.41) is 3.52. The number of hydrogen-bond acceptors (Lipinski definition) is 3. The minimum atomic E-state index is 0.128. The summed E-state index contributed by atoms with van der Waals surface area (Å²) in [5.74, 6) is 1.46. The van der Waals surface area contributed by atoms with Crippen LogP contribution in [0, 0.1) is 0 Å². The van der Waals surface area contributed by atoms with Crippen molar-refractivity contribution in [3.8, 4) is 11.5 Å². The van der Waals surface area contributed by atoms with Crippen molar-refractivity contribution in [2.45, 2.75) is 25.3 Å². The molecule has 1 aromatic carbocycles. The third-order valence-electron chi connectivity index (χ3n) is 3.22. The number of hydrogen-bond donors (Lipinski definition) is 1. The molecule has 18 heavy (non-hydrogen) atoms. The molecule has 0 aromatic heterocycles. The van der Waals surface area contributed by atoms with Crippen LogP contribution in [0.4, 0.5) is 0 Å². The van der Waals surface area contributed by atoms with Crippen LogP contribution in [0.15, 0.2) is 12.1 Å². The van der Waals surface area contributed by atoms with E-state index >= 15 is 0 Å². The standard InChI is InChI=1S/C13H14ClNO3/c14-10-6-8(5-9-1-2-12(16)15-9)7-11-13(10)18-4-3-17-11/h6-7,9H,1-5H2,(H,15,16). The van der Waals surface area contributed by atoms with Crippen molar-refractivity contribution in [2.24, 2.45) is 0 Å². The maximum atomic E-state index is 11.2. The Balaban J connectivity index is 1.80. The van der Waals surface area contributed by atoms with E-state index < -0.39 is 0 Å². The van der Waals surface area contributed by atoms with Crippen LogP contribution < -0.4 is 14.8 Å². The minimum absolute atomic E-state index is 0.128. The fourth-order valence-corrected chi connectivity index (χ4v) is 2.68. The summed E-state index contributed by atoms with van der Waals surface area (Å²) in [4.78, 5) is 11.2. The van der Waals surface area contributed by atoms with Crippen LogP contribution >= 0.6 is 11.6 Å². The van der Waals surface area contributed by atoms with E-state index in [0.29, 0.717) is 36.2 Å². The average molecular weight is 268 g/mol.